The minimum Gasteiger partial charge on any atom is -0.370 e. The maximum atomic E-state index is 5.89. The standard InChI is InChI=1S/C11H15Cl2N5.2CH4/c1-2-16-10(14)18-11(15)17-6-7-3-4-8(12)9(13)5-7;;/h3-5H,2,6H2,1H3,(H5,14,15,16,17,18);2*1H4. The summed E-state index contributed by atoms with van der Waals surface area (Å²) >= 11 is 11.7. The molecule has 114 valence electrons. The van der Waals surface area contributed by atoms with E-state index in [9.17, 15) is 0 Å². The van der Waals surface area contributed by atoms with Crippen LogP contribution in [-0.2, 0) is 6.54 Å². The van der Waals surface area contributed by atoms with E-state index < -0.39 is 0 Å². The minimum absolute atomic E-state index is 0. The van der Waals surface area contributed by atoms with E-state index in [1.165, 1.54) is 0 Å². The van der Waals surface area contributed by atoms with Gasteiger partial charge in [0.05, 0.1) is 16.6 Å². The number of aliphatic imine (C=N–C) groups is 2. The first-order valence-electron chi connectivity index (χ1n) is 5.33. The first kappa shape index (κ1) is 20.8. The summed E-state index contributed by atoms with van der Waals surface area (Å²) in [5.74, 6) is 0.448. The Kier molecular flexibility index (Phi) is 10.8. The van der Waals surface area contributed by atoms with Crippen molar-refractivity contribution in [3.8, 4) is 0 Å². The van der Waals surface area contributed by atoms with Crippen molar-refractivity contribution >= 4 is 35.1 Å². The van der Waals surface area contributed by atoms with E-state index in [2.05, 4.69) is 15.3 Å². The van der Waals surface area contributed by atoms with E-state index in [-0.39, 0.29) is 26.8 Å². The molecule has 0 fully saturated rings. The summed E-state index contributed by atoms with van der Waals surface area (Å²) in [6, 6.07) is 5.28. The molecule has 1 aromatic carbocycles. The van der Waals surface area contributed by atoms with Gasteiger partial charge in [0.15, 0.2) is 11.9 Å². The SMILES string of the molecule is C.C.CCN=C(N)NC(N)=NCc1ccc(Cl)c(Cl)c1. The van der Waals surface area contributed by atoms with Crippen molar-refractivity contribution in [1.82, 2.24) is 5.32 Å². The molecule has 5 nitrogen and oxygen atoms in total. The van der Waals surface area contributed by atoms with Gasteiger partial charge in [-0.15, -0.1) is 0 Å². The van der Waals surface area contributed by atoms with Crippen LogP contribution >= 0.6 is 23.2 Å². The maximum Gasteiger partial charge on any atom is 0.195 e. The number of hydrogen-bond acceptors (Lipinski definition) is 2. The molecule has 20 heavy (non-hydrogen) atoms. The number of nitrogens with one attached hydrogen (secondary N) is 1. The third-order valence-corrected chi connectivity index (χ3v) is 2.74. The average Bonchev–Trinajstić information content (AvgIpc) is 2.31. The van der Waals surface area contributed by atoms with Gasteiger partial charge in [0.2, 0.25) is 0 Å². The third kappa shape index (κ3) is 7.21. The third-order valence-electron chi connectivity index (χ3n) is 2.00. The molecular formula is C13H23Cl2N5. The molecule has 1 aromatic rings. The van der Waals surface area contributed by atoms with Gasteiger partial charge in [-0.25, -0.2) is 4.99 Å². The van der Waals surface area contributed by atoms with E-state index in [1.54, 1.807) is 12.1 Å². The Balaban J connectivity index is 0. The lowest BCUT2D eigenvalue weighted by atomic mass is 10.2. The van der Waals surface area contributed by atoms with Gasteiger partial charge in [0, 0.05) is 6.54 Å². The van der Waals surface area contributed by atoms with Crippen LogP contribution in [0.1, 0.15) is 27.3 Å². The predicted octanol–water partition coefficient (Wildman–Crippen LogP) is 3.00. The lowest BCUT2D eigenvalue weighted by Gasteiger charge is -2.04. The summed E-state index contributed by atoms with van der Waals surface area (Å²) in [5.41, 5.74) is 12.1. The quantitative estimate of drug-likeness (QED) is 0.591. The van der Waals surface area contributed by atoms with Crippen molar-refractivity contribution in [3.05, 3.63) is 33.8 Å². The molecule has 0 saturated carbocycles. The number of rotatable bonds is 3. The highest BCUT2D eigenvalue weighted by Gasteiger charge is 1.99. The number of nitrogens with two attached hydrogens (primary N) is 2. The zero-order chi connectivity index (χ0) is 13.5. The molecule has 0 saturated heterocycles. The molecule has 7 heteroatoms. The summed E-state index contributed by atoms with van der Waals surface area (Å²) in [7, 11) is 0. The first-order chi connectivity index (χ1) is 8.52. The molecule has 0 amide bonds. The van der Waals surface area contributed by atoms with Crippen LogP contribution in [0.5, 0.6) is 0 Å². The van der Waals surface area contributed by atoms with E-state index in [4.69, 9.17) is 34.7 Å². The summed E-state index contributed by atoms with van der Waals surface area (Å²) in [6.45, 7) is 2.84. The predicted molar refractivity (Wildman–Crippen MR) is 90.5 cm³/mol. The summed E-state index contributed by atoms with van der Waals surface area (Å²) in [6.07, 6.45) is 0. The molecule has 0 heterocycles. The molecule has 0 atom stereocenters. The summed E-state index contributed by atoms with van der Waals surface area (Å²) < 4.78 is 0. The second kappa shape index (κ2) is 10.3. The minimum atomic E-state index is 0. The highest BCUT2D eigenvalue weighted by atomic mass is 35.5. The molecular weight excluding hydrogens is 297 g/mol. The molecule has 0 spiro atoms. The number of halogens is 2. The van der Waals surface area contributed by atoms with Gasteiger partial charge < -0.3 is 11.5 Å². The molecule has 0 bridgehead atoms. The fourth-order valence-electron chi connectivity index (χ4n) is 1.20. The Morgan fingerprint density at radius 2 is 1.70 bits per heavy atom. The van der Waals surface area contributed by atoms with Crippen molar-refractivity contribution in [2.75, 3.05) is 6.54 Å². The molecule has 0 aromatic heterocycles. The smallest absolute Gasteiger partial charge is 0.195 e. The van der Waals surface area contributed by atoms with E-state index in [1.807, 2.05) is 13.0 Å². The van der Waals surface area contributed by atoms with Gasteiger partial charge in [-0.1, -0.05) is 44.1 Å². The van der Waals surface area contributed by atoms with Crippen molar-refractivity contribution in [2.45, 2.75) is 28.3 Å². The van der Waals surface area contributed by atoms with Crippen LogP contribution in [-0.4, -0.2) is 18.5 Å². The van der Waals surface area contributed by atoms with Gasteiger partial charge in [0.25, 0.3) is 0 Å². The zero-order valence-electron chi connectivity index (χ0n) is 9.95. The lowest BCUT2D eigenvalue weighted by Crippen LogP contribution is -2.41. The Morgan fingerprint density at radius 1 is 1.10 bits per heavy atom. The average molecular weight is 320 g/mol. The van der Waals surface area contributed by atoms with Crippen LogP contribution in [0.15, 0.2) is 28.2 Å². The monoisotopic (exact) mass is 319 g/mol. The van der Waals surface area contributed by atoms with Gasteiger partial charge in [-0.05, 0) is 24.6 Å². The fourth-order valence-corrected chi connectivity index (χ4v) is 1.52. The van der Waals surface area contributed by atoms with Crippen LogP contribution in [0.2, 0.25) is 10.0 Å². The van der Waals surface area contributed by atoms with Crippen LogP contribution < -0.4 is 16.8 Å². The number of hydrogen-bond donors (Lipinski definition) is 3. The maximum absolute atomic E-state index is 5.89. The second-order valence-electron chi connectivity index (χ2n) is 3.43. The zero-order valence-corrected chi connectivity index (χ0v) is 11.5. The Labute approximate surface area is 131 Å². The molecule has 0 unspecified atom stereocenters. The lowest BCUT2D eigenvalue weighted by molar-refractivity contribution is 1.03. The summed E-state index contributed by atoms with van der Waals surface area (Å²) in [5, 5.41) is 3.67. The number of guanidine groups is 2. The van der Waals surface area contributed by atoms with Gasteiger partial charge in [0.1, 0.15) is 0 Å². The van der Waals surface area contributed by atoms with Crippen molar-refractivity contribution in [2.24, 2.45) is 21.5 Å². The van der Waals surface area contributed by atoms with Crippen LogP contribution in [0, 0.1) is 0 Å². The van der Waals surface area contributed by atoms with E-state index in [0.717, 1.165) is 5.56 Å². The number of nitrogens with zero attached hydrogens (tertiary/aromatic N) is 2. The first-order valence-corrected chi connectivity index (χ1v) is 6.09. The van der Waals surface area contributed by atoms with Gasteiger partial charge in [-0.2, -0.15) is 0 Å². The largest absolute Gasteiger partial charge is 0.370 e. The molecule has 0 aliphatic heterocycles. The van der Waals surface area contributed by atoms with E-state index in [0.29, 0.717) is 23.1 Å². The number of benzene rings is 1. The van der Waals surface area contributed by atoms with Crippen molar-refractivity contribution in [3.63, 3.8) is 0 Å². The topological polar surface area (TPSA) is 88.8 Å². The van der Waals surface area contributed by atoms with Crippen molar-refractivity contribution in [1.29, 1.82) is 0 Å². The Hall–Kier alpha value is -1.46. The fraction of sp³-hybridized carbons (Fsp3) is 0.385. The summed E-state index contributed by atoms with van der Waals surface area (Å²) in [4.78, 5) is 8.04. The second-order valence-corrected chi connectivity index (χ2v) is 4.25. The highest BCUT2D eigenvalue weighted by molar-refractivity contribution is 6.42. The molecule has 5 N–H and O–H groups in total. The molecule has 1 rings (SSSR count). The van der Waals surface area contributed by atoms with E-state index >= 15 is 0 Å². The molecule has 0 aliphatic rings. The normalized spacial score (nSPS) is 11.3. The Bertz CT molecular complexity index is 472. The van der Waals surface area contributed by atoms with Crippen LogP contribution in [0.3, 0.4) is 0 Å². The molecule has 0 radical (unpaired) electrons. The van der Waals surface area contributed by atoms with Crippen LogP contribution in [0.25, 0.3) is 0 Å². The molecule has 0 aliphatic carbocycles. The van der Waals surface area contributed by atoms with Crippen molar-refractivity contribution < 1.29 is 0 Å². The van der Waals surface area contributed by atoms with Gasteiger partial charge >= 0.3 is 0 Å². The van der Waals surface area contributed by atoms with Gasteiger partial charge in [-0.3, -0.25) is 10.3 Å². The Morgan fingerprint density at radius 3 is 2.25 bits per heavy atom. The van der Waals surface area contributed by atoms with Crippen LogP contribution in [0.4, 0.5) is 0 Å². The highest BCUT2D eigenvalue weighted by Crippen LogP contribution is 2.22.